The maximum Gasteiger partial charge on any atom is 0.252 e. The van der Waals surface area contributed by atoms with E-state index in [1.54, 1.807) is 4.90 Å². The molecule has 0 N–H and O–H groups in total. The van der Waals surface area contributed by atoms with Gasteiger partial charge in [-0.05, 0) is 26.0 Å². The monoisotopic (exact) mass is 366 g/mol. The summed E-state index contributed by atoms with van der Waals surface area (Å²) in [6, 6.07) is 2.97. The molecule has 0 bridgehead atoms. The number of sulfonamides is 1. The van der Waals surface area contributed by atoms with E-state index in [2.05, 4.69) is 0 Å². The molecule has 0 spiro atoms. The Balaban J connectivity index is 2.04. The molecule has 2 rings (SSSR count). The largest absolute Gasteiger partial charge is 0.372 e. The highest BCUT2D eigenvalue weighted by Gasteiger charge is 2.30. The Labute approximate surface area is 139 Å². The van der Waals surface area contributed by atoms with Crippen LogP contribution >= 0.6 is 22.9 Å². The van der Waals surface area contributed by atoms with Crippen molar-refractivity contribution < 1.29 is 17.9 Å². The second-order valence-electron chi connectivity index (χ2n) is 5.38. The molecule has 2 unspecified atom stereocenters. The van der Waals surface area contributed by atoms with Gasteiger partial charge in [0.2, 0.25) is 5.91 Å². The van der Waals surface area contributed by atoms with Crippen LogP contribution in [0.25, 0.3) is 0 Å². The average Bonchev–Trinajstić information content (AvgIpc) is 2.84. The van der Waals surface area contributed by atoms with Crippen LogP contribution in [0.1, 0.15) is 13.8 Å². The molecule has 124 valence electrons. The first kappa shape index (κ1) is 17.7. The Morgan fingerprint density at radius 2 is 2.00 bits per heavy atom. The summed E-state index contributed by atoms with van der Waals surface area (Å²) >= 11 is 6.75. The normalized spacial score (nSPS) is 23.0. The zero-order valence-corrected chi connectivity index (χ0v) is 15.0. The van der Waals surface area contributed by atoms with Gasteiger partial charge in [0.25, 0.3) is 10.0 Å². The zero-order valence-electron chi connectivity index (χ0n) is 12.7. The smallest absolute Gasteiger partial charge is 0.252 e. The highest BCUT2D eigenvalue weighted by molar-refractivity contribution is 7.91. The second-order valence-corrected chi connectivity index (χ2v) is 9.36. The summed E-state index contributed by atoms with van der Waals surface area (Å²) in [4.78, 5) is 14.0. The number of hydrogen-bond acceptors (Lipinski definition) is 5. The molecule has 1 aliphatic heterocycles. The van der Waals surface area contributed by atoms with Gasteiger partial charge in [0.15, 0.2) is 0 Å². The number of rotatable bonds is 4. The number of carbonyl (C=O) groups is 1. The van der Waals surface area contributed by atoms with Crippen molar-refractivity contribution in [2.45, 2.75) is 30.3 Å². The average molecular weight is 367 g/mol. The van der Waals surface area contributed by atoms with Crippen molar-refractivity contribution >= 4 is 38.9 Å². The fourth-order valence-corrected chi connectivity index (χ4v) is 5.16. The van der Waals surface area contributed by atoms with Gasteiger partial charge in [-0.15, -0.1) is 11.3 Å². The minimum absolute atomic E-state index is 0.0503. The summed E-state index contributed by atoms with van der Waals surface area (Å²) in [6.45, 7) is 4.54. The van der Waals surface area contributed by atoms with Crippen molar-refractivity contribution in [2.75, 3.05) is 26.7 Å². The van der Waals surface area contributed by atoms with Gasteiger partial charge in [-0.3, -0.25) is 4.79 Å². The zero-order chi connectivity index (χ0) is 16.5. The SMILES string of the molecule is CC1CN(C(=O)CN(C)S(=O)(=O)c2ccc(Cl)s2)CC(C)O1. The lowest BCUT2D eigenvalue weighted by Gasteiger charge is -2.36. The van der Waals surface area contributed by atoms with Crippen LogP contribution in [0.2, 0.25) is 4.34 Å². The van der Waals surface area contributed by atoms with Gasteiger partial charge in [-0.1, -0.05) is 11.6 Å². The van der Waals surface area contributed by atoms with Crippen molar-refractivity contribution in [1.82, 2.24) is 9.21 Å². The summed E-state index contributed by atoms with van der Waals surface area (Å²) < 4.78 is 31.9. The Kier molecular flexibility index (Phi) is 5.50. The quantitative estimate of drug-likeness (QED) is 0.812. The van der Waals surface area contributed by atoms with Gasteiger partial charge in [0.1, 0.15) is 4.21 Å². The van der Waals surface area contributed by atoms with E-state index in [0.717, 1.165) is 15.6 Å². The first-order valence-electron chi connectivity index (χ1n) is 6.85. The number of hydrogen-bond donors (Lipinski definition) is 0. The predicted octanol–water partition coefficient (Wildman–Crippen LogP) is 1.66. The molecule has 6 nitrogen and oxygen atoms in total. The third-order valence-electron chi connectivity index (χ3n) is 3.34. The molecule has 1 aromatic heterocycles. The second kappa shape index (κ2) is 6.84. The fraction of sp³-hybridized carbons (Fsp3) is 0.615. The summed E-state index contributed by atoms with van der Waals surface area (Å²) in [5, 5.41) is 0. The summed E-state index contributed by atoms with van der Waals surface area (Å²) in [6.07, 6.45) is -0.101. The molecule has 1 aliphatic rings. The van der Waals surface area contributed by atoms with Crippen molar-refractivity contribution in [2.24, 2.45) is 0 Å². The van der Waals surface area contributed by atoms with Gasteiger partial charge >= 0.3 is 0 Å². The first-order valence-corrected chi connectivity index (χ1v) is 9.48. The number of carbonyl (C=O) groups excluding carboxylic acids is 1. The van der Waals surface area contributed by atoms with E-state index >= 15 is 0 Å². The topological polar surface area (TPSA) is 66.9 Å². The number of nitrogens with zero attached hydrogens (tertiary/aromatic N) is 2. The Hall–Kier alpha value is -0.670. The molecule has 1 amide bonds. The van der Waals surface area contributed by atoms with Crippen LogP contribution in [0.5, 0.6) is 0 Å². The van der Waals surface area contributed by atoms with Crippen molar-refractivity contribution in [3.63, 3.8) is 0 Å². The summed E-state index contributed by atoms with van der Waals surface area (Å²) in [5.74, 6) is -0.226. The standard InChI is InChI=1S/C13H19ClN2O4S2/c1-9-6-16(7-10(2)20-9)12(17)8-15(3)22(18,19)13-5-4-11(14)21-13/h4-5,9-10H,6-8H2,1-3H3. The predicted molar refractivity (Wildman–Crippen MR) is 85.7 cm³/mol. The van der Waals surface area contributed by atoms with Gasteiger partial charge in [0.05, 0.1) is 23.1 Å². The molecule has 1 aromatic rings. The molecule has 0 saturated carbocycles. The molecule has 1 fully saturated rings. The molecule has 0 aliphatic carbocycles. The number of amides is 1. The van der Waals surface area contributed by atoms with Crippen LogP contribution in [-0.4, -0.2) is 62.4 Å². The van der Waals surface area contributed by atoms with Crippen LogP contribution in [0.4, 0.5) is 0 Å². The lowest BCUT2D eigenvalue weighted by Crippen LogP contribution is -2.51. The molecule has 0 radical (unpaired) electrons. The third kappa shape index (κ3) is 3.99. The maximum absolute atomic E-state index is 12.4. The third-order valence-corrected chi connectivity index (χ3v) is 6.85. The van der Waals surface area contributed by atoms with Gasteiger partial charge in [-0.2, -0.15) is 4.31 Å². The van der Waals surface area contributed by atoms with Crippen molar-refractivity contribution in [3.8, 4) is 0 Å². The van der Waals surface area contributed by atoms with E-state index in [1.165, 1.54) is 19.2 Å². The molecule has 22 heavy (non-hydrogen) atoms. The first-order chi connectivity index (χ1) is 10.2. The minimum Gasteiger partial charge on any atom is -0.372 e. The van der Waals surface area contributed by atoms with E-state index < -0.39 is 10.0 Å². The van der Waals surface area contributed by atoms with E-state index in [9.17, 15) is 13.2 Å². The Bertz CT molecular complexity index is 636. The van der Waals surface area contributed by atoms with Crippen molar-refractivity contribution in [1.29, 1.82) is 0 Å². The Morgan fingerprint density at radius 1 is 1.41 bits per heavy atom. The lowest BCUT2D eigenvalue weighted by atomic mass is 10.2. The van der Waals surface area contributed by atoms with Crippen molar-refractivity contribution in [3.05, 3.63) is 16.5 Å². The molecular formula is C13H19ClN2O4S2. The highest BCUT2D eigenvalue weighted by Crippen LogP contribution is 2.27. The fourth-order valence-electron chi connectivity index (χ4n) is 2.35. The van der Waals surface area contributed by atoms with Crippen LogP contribution in [0, 0.1) is 0 Å². The molecule has 9 heteroatoms. The molecule has 2 atom stereocenters. The summed E-state index contributed by atoms with van der Waals surface area (Å²) in [5.41, 5.74) is 0. The number of halogens is 1. The van der Waals surface area contributed by atoms with E-state index in [1.807, 2.05) is 13.8 Å². The minimum atomic E-state index is -3.69. The number of morpholine rings is 1. The van der Waals surface area contributed by atoms with Crippen LogP contribution in [0.3, 0.4) is 0 Å². The van der Waals surface area contributed by atoms with E-state index in [-0.39, 0.29) is 28.9 Å². The van der Waals surface area contributed by atoms with Gasteiger partial charge in [-0.25, -0.2) is 8.42 Å². The maximum atomic E-state index is 12.4. The van der Waals surface area contributed by atoms with Crippen LogP contribution in [-0.2, 0) is 19.6 Å². The number of likely N-dealkylation sites (N-methyl/N-ethyl adjacent to an activating group) is 1. The summed E-state index contributed by atoms with van der Waals surface area (Å²) in [7, 11) is -2.29. The molecular weight excluding hydrogens is 348 g/mol. The van der Waals surface area contributed by atoms with Crippen LogP contribution in [0.15, 0.2) is 16.3 Å². The highest BCUT2D eigenvalue weighted by atomic mass is 35.5. The molecule has 1 saturated heterocycles. The molecule has 0 aromatic carbocycles. The van der Waals surface area contributed by atoms with Gasteiger partial charge < -0.3 is 9.64 Å². The van der Waals surface area contributed by atoms with Gasteiger partial charge in [0, 0.05) is 20.1 Å². The van der Waals surface area contributed by atoms with E-state index in [0.29, 0.717) is 17.4 Å². The Morgan fingerprint density at radius 3 is 2.50 bits per heavy atom. The molecule has 2 heterocycles. The number of ether oxygens (including phenoxy) is 1. The lowest BCUT2D eigenvalue weighted by molar-refractivity contribution is -0.143. The van der Waals surface area contributed by atoms with Crippen LogP contribution < -0.4 is 0 Å². The van der Waals surface area contributed by atoms with E-state index in [4.69, 9.17) is 16.3 Å². The number of thiophene rings is 1.